The molecular formula is C7H10F3N3O. The molecule has 0 aliphatic heterocycles. The molecule has 0 radical (unpaired) electrons. The molecule has 1 N–H and O–H groups in total. The minimum Gasteiger partial charge on any atom is -0.337 e. The van der Waals surface area contributed by atoms with Gasteiger partial charge in [0.1, 0.15) is 0 Å². The van der Waals surface area contributed by atoms with Crippen molar-refractivity contribution in [1.82, 2.24) is 15.5 Å². The summed E-state index contributed by atoms with van der Waals surface area (Å²) in [5.41, 5.74) is 0. The molecule has 14 heavy (non-hydrogen) atoms. The van der Waals surface area contributed by atoms with E-state index in [0.717, 1.165) is 0 Å². The highest BCUT2D eigenvalue weighted by Crippen LogP contribution is 2.27. The van der Waals surface area contributed by atoms with E-state index in [2.05, 4.69) is 20.0 Å². The van der Waals surface area contributed by atoms with Crippen molar-refractivity contribution in [2.24, 2.45) is 0 Å². The van der Waals surface area contributed by atoms with Crippen molar-refractivity contribution in [1.29, 1.82) is 0 Å². The second-order valence-corrected chi connectivity index (χ2v) is 2.70. The zero-order chi connectivity index (χ0) is 10.8. The van der Waals surface area contributed by atoms with E-state index in [9.17, 15) is 13.2 Å². The summed E-state index contributed by atoms with van der Waals surface area (Å²) >= 11 is 0. The van der Waals surface area contributed by atoms with Gasteiger partial charge in [0.2, 0.25) is 5.89 Å². The minimum atomic E-state index is -4.55. The molecule has 0 saturated heterocycles. The molecule has 4 nitrogen and oxygen atoms in total. The van der Waals surface area contributed by atoms with E-state index in [4.69, 9.17) is 0 Å². The number of nitrogens with zero attached hydrogens (tertiary/aromatic N) is 2. The molecule has 1 aromatic rings. The van der Waals surface area contributed by atoms with Crippen LogP contribution in [0.2, 0.25) is 0 Å². The van der Waals surface area contributed by atoms with Crippen molar-refractivity contribution in [3.8, 4) is 0 Å². The molecule has 1 unspecified atom stereocenters. The summed E-state index contributed by atoms with van der Waals surface area (Å²) in [5, 5.41) is 5.62. The molecule has 0 bridgehead atoms. The van der Waals surface area contributed by atoms with Gasteiger partial charge in [0, 0.05) is 0 Å². The van der Waals surface area contributed by atoms with E-state index in [1.54, 1.807) is 14.0 Å². The second-order valence-electron chi connectivity index (χ2n) is 2.70. The highest BCUT2D eigenvalue weighted by molar-refractivity contribution is 4.95. The van der Waals surface area contributed by atoms with Crippen molar-refractivity contribution in [3.05, 3.63) is 11.7 Å². The van der Waals surface area contributed by atoms with Crippen molar-refractivity contribution >= 4 is 0 Å². The largest absolute Gasteiger partial charge is 0.455 e. The zero-order valence-corrected chi connectivity index (χ0v) is 7.72. The summed E-state index contributed by atoms with van der Waals surface area (Å²) in [7, 11) is 1.62. The first-order valence-electron chi connectivity index (χ1n) is 4.07. The molecule has 0 aliphatic carbocycles. The maximum atomic E-state index is 12.1. The smallest absolute Gasteiger partial charge is 0.337 e. The molecule has 0 aromatic carbocycles. The Morgan fingerprint density at radius 3 is 2.50 bits per heavy atom. The van der Waals surface area contributed by atoms with Crippen LogP contribution in [-0.4, -0.2) is 17.2 Å². The molecule has 7 heteroatoms. The predicted octanol–water partition coefficient (Wildman–Crippen LogP) is 1.76. The van der Waals surface area contributed by atoms with Crippen molar-refractivity contribution in [2.75, 3.05) is 7.05 Å². The van der Waals surface area contributed by atoms with E-state index in [1.165, 1.54) is 0 Å². The highest BCUT2D eigenvalue weighted by atomic mass is 19.4. The van der Waals surface area contributed by atoms with Gasteiger partial charge < -0.3 is 9.84 Å². The maximum Gasteiger partial charge on any atom is 0.455 e. The Morgan fingerprint density at radius 1 is 1.50 bits per heavy atom. The topological polar surface area (TPSA) is 51.0 Å². The van der Waals surface area contributed by atoms with Gasteiger partial charge in [-0.05, 0) is 13.5 Å². The molecule has 1 aromatic heterocycles. The van der Waals surface area contributed by atoms with Crippen LogP contribution in [0.4, 0.5) is 13.2 Å². The van der Waals surface area contributed by atoms with Crippen LogP contribution in [-0.2, 0) is 6.18 Å². The molecule has 0 saturated carbocycles. The van der Waals surface area contributed by atoms with E-state index < -0.39 is 12.0 Å². The third kappa shape index (κ3) is 2.22. The maximum absolute atomic E-state index is 12.1. The van der Waals surface area contributed by atoms with Crippen LogP contribution in [0, 0.1) is 0 Å². The molecule has 0 amide bonds. The van der Waals surface area contributed by atoms with Gasteiger partial charge >= 0.3 is 6.18 Å². The van der Waals surface area contributed by atoms with Crippen LogP contribution in [0.25, 0.3) is 0 Å². The first-order chi connectivity index (χ1) is 6.49. The van der Waals surface area contributed by atoms with Crippen LogP contribution < -0.4 is 5.32 Å². The SMILES string of the molecule is CCC(NC)c1nc(C(F)(F)F)no1. The summed E-state index contributed by atoms with van der Waals surface area (Å²) in [5.74, 6) is -1.27. The second kappa shape index (κ2) is 3.95. The van der Waals surface area contributed by atoms with Crippen LogP contribution in [0.1, 0.15) is 31.1 Å². The van der Waals surface area contributed by atoms with Gasteiger partial charge in [-0.1, -0.05) is 12.1 Å². The fraction of sp³-hybridized carbons (Fsp3) is 0.714. The van der Waals surface area contributed by atoms with Gasteiger partial charge in [-0.25, -0.2) is 0 Å². The molecule has 1 heterocycles. The van der Waals surface area contributed by atoms with E-state index in [-0.39, 0.29) is 11.9 Å². The Hall–Kier alpha value is -1.11. The lowest BCUT2D eigenvalue weighted by atomic mass is 10.2. The van der Waals surface area contributed by atoms with E-state index in [1.807, 2.05) is 0 Å². The number of halogens is 3. The van der Waals surface area contributed by atoms with E-state index in [0.29, 0.717) is 6.42 Å². The Balaban J connectivity index is 2.87. The third-order valence-corrected chi connectivity index (χ3v) is 1.75. The molecule has 1 atom stereocenters. The Kier molecular flexibility index (Phi) is 3.10. The third-order valence-electron chi connectivity index (χ3n) is 1.75. The minimum absolute atomic E-state index is 0.0395. The van der Waals surface area contributed by atoms with Crippen LogP contribution >= 0.6 is 0 Å². The molecule has 0 fully saturated rings. The first-order valence-corrected chi connectivity index (χ1v) is 4.07. The van der Waals surface area contributed by atoms with Crippen molar-refractivity contribution in [3.63, 3.8) is 0 Å². The fourth-order valence-corrected chi connectivity index (χ4v) is 0.994. The Morgan fingerprint density at radius 2 is 2.14 bits per heavy atom. The Labute approximate surface area is 78.5 Å². The zero-order valence-electron chi connectivity index (χ0n) is 7.72. The number of aromatic nitrogens is 2. The summed E-state index contributed by atoms with van der Waals surface area (Å²) in [4.78, 5) is 3.26. The van der Waals surface area contributed by atoms with Gasteiger partial charge in [-0.2, -0.15) is 18.2 Å². The molecular weight excluding hydrogens is 199 g/mol. The summed E-state index contributed by atoms with van der Waals surface area (Å²) in [6.07, 6.45) is -3.97. The molecule has 80 valence electrons. The summed E-state index contributed by atoms with van der Waals surface area (Å²) < 4.78 is 40.7. The van der Waals surface area contributed by atoms with E-state index >= 15 is 0 Å². The van der Waals surface area contributed by atoms with Gasteiger partial charge in [0.25, 0.3) is 5.82 Å². The van der Waals surface area contributed by atoms with Gasteiger partial charge in [-0.15, -0.1) is 0 Å². The average molecular weight is 209 g/mol. The summed E-state index contributed by atoms with van der Waals surface area (Å²) in [6.45, 7) is 1.80. The lowest BCUT2D eigenvalue weighted by molar-refractivity contribution is -0.146. The lowest BCUT2D eigenvalue weighted by Crippen LogP contribution is -2.16. The van der Waals surface area contributed by atoms with Crippen LogP contribution in [0.3, 0.4) is 0 Å². The quantitative estimate of drug-likeness (QED) is 0.824. The number of hydrogen-bond donors (Lipinski definition) is 1. The van der Waals surface area contributed by atoms with Crippen molar-refractivity contribution < 1.29 is 17.7 Å². The number of nitrogens with one attached hydrogen (secondary N) is 1. The Bertz CT molecular complexity index is 293. The monoisotopic (exact) mass is 209 g/mol. The highest BCUT2D eigenvalue weighted by Gasteiger charge is 2.37. The normalized spacial score (nSPS) is 14.4. The number of rotatable bonds is 3. The number of hydrogen-bond acceptors (Lipinski definition) is 4. The average Bonchev–Trinajstić information content (AvgIpc) is 2.54. The predicted molar refractivity (Wildman–Crippen MR) is 41.4 cm³/mol. The van der Waals surface area contributed by atoms with Crippen LogP contribution in [0.5, 0.6) is 0 Å². The fourth-order valence-electron chi connectivity index (χ4n) is 0.994. The molecule has 0 aliphatic rings. The van der Waals surface area contributed by atoms with Gasteiger partial charge in [-0.3, -0.25) is 0 Å². The summed E-state index contributed by atoms with van der Waals surface area (Å²) in [6, 6.07) is -0.335. The van der Waals surface area contributed by atoms with Gasteiger partial charge in [0.15, 0.2) is 0 Å². The number of alkyl halides is 3. The lowest BCUT2D eigenvalue weighted by Gasteiger charge is -2.06. The standard InChI is InChI=1S/C7H10F3N3O/c1-3-4(11-2)5-12-6(13-14-5)7(8,9)10/h4,11H,3H2,1-2H3. The molecule has 0 spiro atoms. The van der Waals surface area contributed by atoms with Gasteiger partial charge in [0.05, 0.1) is 6.04 Å². The first kappa shape index (κ1) is 11.0. The molecule has 1 rings (SSSR count). The van der Waals surface area contributed by atoms with Crippen LogP contribution in [0.15, 0.2) is 4.52 Å². The van der Waals surface area contributed by atoms with Crippen molar-refractivity contribution in [2.45, 2.75) is 25.6 Å².